The Morgan fingerprint density at radius 2 is 1.75 bits per heavy atom. The molecule has 0 unspecified atom stereocenters. The number of carbonyl (C=O) groups excluding carboxylic acids is 2. The van der Waals surface area contributed by atoms with E-state index < -0.39 is 5.97 Å². The molecule has 0 atom stereocenters. The first-order valence-corrected chi connectivity index (χ1v) is 19.3. The summed E-state index contributed by atoms with van der Waals surface area (Å²) in [6.45, 7) is 8.97. The summed E-state index contributed by atoms with van der Waals surface area (Å²) in [5.74, 6) is -0.353. The van der Waals surface area contributed by atoms with Crippen molar-refractivity contribution >= 4 is 46.6 Å². The fourth-order valence-corrected chi connectivity index (χ4v) is 9.19. The van der Waals surface area contributed by atoms with Gasteiger partial charge in [-0.15, -0.1) is 11.3 Å². The molecule has 0 saturated heterocycles. The topological polar surface area (TPSA) is 115 Å². The number of hydrogen-bond acceptors (Lipinski definition) is 8. The SMILES string of the molecule is CCN(C)CC(=O)N1Cc2nc(-c3cccc(-c4cccc(N(Cl)C(=O)c5nc6c(n5C)CCN(CC5CCC(C(=O)O)CC5)C6)c4)c3C)sc2C1. The largest absolute Gasteiger partial charge is 0.481 e. The fraction of sp³-hybridized carbons (Fsp3) is 0.462. The molecule has 2 amide bonds. The number of aliphatic carboxylic acids is 1. The number of benzene rings is 2. The molecule has 7 rings (SSSR count). The van der Waals surface area contributed by atoms with E-state index in [0.717, 1.165) is 105 Å². The lowest BCUT2D eigenvalue weighted by atomic mass is 9.81. The number of nitrogens with zero attached hydrogens (tertiary/aromatic N) is 7. The Labute approximate surface area is 313 Å². The van der Waals surface area contributed by atoms with E-state index in [0.29, 0.717) is 43.6 Å². The molecular formula is C39H46ClN7O4S. The van der Waals surface area contributed by atoms with E-state index in [9.17, 15) is 19.5 Å². The van der Waals surface area contributed by atoms with E-state index in [1.54, 1.807) is 11.3 Å². The van der Waals surface area contributed by atoms with Crippen LogP contribution in [0.4, 0.5) is 5.69 Å². The average molecular weight is 744 g/mol. The van der Waals surface area contributed by atoms with Gasteiger partial charge in [0.2, 0.25) is 11.7 Å². The Balaban J connectivity index is 1.03. The molecule has 4 aromatic rings. The van der Waals surface area contributed by atoms with Crippen molar-refractivity contribution < 1.29 is 19.5 Å². The predicted molar refractivity (Wildman–Crippen MR) is 203 cm³/mol. The number of imidazole rings is 1. The smallest absolute Gasteiger partial charge is 0.308 e. The van der Waals surface area contributed by atoms with Gasteiger partial charge >= 0.3 is 11.9 Å². The maximum Gasteiger partial charge on any atom is 0.308 e. The lowest BCUT2D eigenvalue weighted by Gasteiger charge is -2.33. The zero-order chi connectivity index (χ0) is 36.7. The van der Waals surface area contributed by atoms with Crippen molar-refractivity contribution in [2.24, 2.45) is 18.9 Å². The minimum Gasteiger partial charge on any atom is -0.481 e. The number of amides is 2. The number of carboxylic acids is 1. The predicted octanol–water partition coefficient (Wildman–Crippen LogP) is 6.36. The molecule has 1 fully saturated rings. The molecule has 1 N–H and O–H groups in total. The zero-order valence-electron chi connectivity index (χ0n) is 30.3. The van der Waals surface area contributed by atoms with Gasteiger partial charge in [-0.05, 0) is 80.9 Å². The maximum atomic E-state index is 13.8. The number of carbonyl (C=O) groups is 3. The van der Waals surface area contributed by atoms with E-state index in [1.165, 1.54) is 0 Å². The highest BCUT2D eigenvalue weighted by Gasteiger charge is 2.32. The summed E-state index contributed by atoms with van der Waals surface area (Å²) in [5.41, 5.74) is 7.56. The number of carboxylic acid groups (broad SMARTS) is 1. The second kappa shape index (κ2) is 15.1. The second-order valence-corrected chi connectivity index (χ2v) is 15.9. The molecule has 11 nitrogen and oxygen atoms in total. The summed E-state index contributed by atoms with van der Waals surface area (Å²) in [4.78, 5) is 55.2. The molecule has 3 aliphatic rings. The van der Waals surface area contributed by atoms with E-state index in [2.05, 4.69) is 24.0 Å². The third-order valence-corrected chi connectivity index (χ3v) is 12.6. The van der Waals surface area contributed by atoms with Crippen LogP contribution < -0.4 is 4.42 Å². The van der Waals surface area contributed by atoms with E-state index >= 15 is 0 Å². The molecule has 4 heterocycles. The van der Waals surface area contributed by atoms with Gasteiger partial charge in [0.1, 0.15) is 5.01 Å². The molecule has 2 aliphatic heterocycles. The van der Waals surface area contributed by atoms with Crippen molar-refractivity contribution in [1.82, 2.24) is 29.2 Å². The van der Waals surface area contributed by atoms with Crippen LogP contribution in [-0.4, -0.2) is 85.4 Å². The van der Waals surface area contributed by atoms with Crippen LogP contribution in [0.2, 0.25) is 0 Å². The van der Waals surface area contributed by atoms with Gasteiger partial charge in [0.15, 0.2) is 0 Å². The highest BCUT2D eigenvalue weighted by Crippen LogP contribution is 2.39. The number of anilines is 1. The number of hydrogen-bond donors (Lipinski definition) is 1. The monoisotopic (exact) mass is 743 g/mol. The second-order valence-electron chi connectivity index (χ2n) is 14.5. The van der Waals surface area contributed by atoms with Crippen LogP contribution in [0.5, 0.6) is 0 Å². The molecule has 274 valence electrons. The van der Waals surface area contributed by atoms with Crippen molar-refractivity contribution in [2.75, 3.05) is 37.6 Å². The van der Waals surface area contributed by atoms with Gasteiger partial charge in [0, 0.05) is 61.0 Å². The minimum absolute atomic E-state index is 0.125. The van der Waals surface area contributed by atoms with Gasteiger partial charge in [0.05, 0.1) is 42.6 Å². The van der Waals surface area contributed by atoms with Crippen molar-refractivity contribution in [1.29, 1.82) is 0 Å². The van der Waals surface area contributed by atoms with Crippen LogP contribution >= 0.6 is 23.1 Å². The summed E-state index contributed by atoms with van der Waals surface area (Å²) >= 11 is 8.44. The van der Waals surface area contributed by atoms with Crippen LogP contribution in [0.1, 0.15) is 70.7 Å². The third-order valence-electron chi connectivity index (χ3n) is 11.1. The average Bonchev–Trinajstić information content (AvgIpc) is 3.83. The molecule has 2 aromatic carbocycles. The number of halogens is 1. The number of likely N-dealkylation sites (N-methyl/N-ethyl adjacent to an activating group) is 1. The molecule has 52 heavy (non-hydrogen) atoms. The summed E-state index contributed by atoms with van der Waals surface area (Å²) < 4.78 is 3.04. The molecule has 0 bridgehead atoms. The standard InChI is InChI=1S/C39H46ClN7O4S/c1-5-43(3)23-35(48)46-21-32-34(22-46)52-37(42-32)30-11-7-10-29(24(30)2)27-8-6-9-28(18-27)47(40)38(49)36-41-31-20-45(17-16-33(31)44(36)4)19-25-12-14-26(15-13-25)39(50)51/h6-11,18,25-26H,5,12-17,19-23H2,1-4H3,(H,50,51). The van der Waals surface area contributed by atoms with Crippen LogP contribution in [-0.2, 0) is 42.7 Å². The van der Waals surface area contributed by atoms with E-state index in [1.807, 2.05) is 65.7 Å². The highest BCUT2D eigenvalue weighted by atomic mass is 35.5. The normalized spacial score (nSPS) is 18.8. The molecule has 13 heteroatoms. The van der Waals surface area contributed by atoms with Crippen LogP contribution in [0.3, 0.4) is 0 Å². The number of fused-ring (bicyclic) bond motifs is 2. The first kappa shape index (κ1) is 36.3. The van der Waals surface area contributed by atoms with Crippen LogP contribution in [0.25, 0.3) is 21.7 Å². The minimum atomic E-state index is -0.676. The Morgan fingerprint density at radius 3 is 2.48 bits per heavy atom. The zero-order valence-corrected chi connectivity index (χ0v) is 31.8. The first-order chi connectivity index (χ1) is 25.0. The lowest BCUT2D eigenvalue weighted by Crippen LogP contribution is -2.36. The van der Waals surface area contributed by atoms with Crippen molar-refractivity contribution in [3.63, 3.8) is 0 Å². The molecule has 0 spiro atoms. The Morgan fingerprint density at radius 1 is 1.00 bits per heavy atom. The number of rotatable bonds is 10. The fourth-order valence-electron chi connectivity index (χ4n) is 7.84. The maximum absolute atomic E-state index is 13.8. The summed E-state index contributed by atoms with van der Waals surface area (Å²) in [5, 5.41) is 10.3. The molecule has 1 aliphatic carbocycles. The summed E-state index contributed by atoms with van der Waals surface area (Å²) in [7, 11) is 3.84. The highest BCUT2D eigenvalue weighted by molar-refractivity contribution is 7.15. The van der Waals surface area contributed by atoms with Crippen molar-refractivity contribution in [3.05, 3.63) is 75.8 Å². The van der Waals surface area contributed by atoms with E-state index in [4.69, 9.17) is 21.7 Å². The van der Waals surface area contributed by atoms with E-state index in [-0.39, 0.29) is 17.7 Å². The number of aromatic nitrogens is 3. The van der Waals surface area contributed by atoms with Crippen LogP contribution in [0.15, 0.2) is 42.5 Å². The van der Waals surface area contributed by atoms with Gasteiger partial charge in [-0.3, -0.25) is 24.2 Å². The Kier molecular flexibility index (Phi) is 10.5. The van der Waals surface area contributed by atoms with Gasteiger partial charge in [-0.25, -0.2) is 14.4 Å². The van der Waals surface area contributed by atoms with Crippen molar-refractivity contribution in [3.8, 4) is 21.7 Å². The lowest BCUT2D eigenvalue weighted by molar-refractivity contribution is -0.143. The summed E-state index contributed by atoms with van der Waals surface area (Å²) in [6.07, 6.45) is 4.14. The number of thiazole rings is 1. The van der Waals surface area contributed by atoms with Crippen molar-refractivity contribution in [2.45, 2.75) is 65.6 Å². The van der Waals surface area contributed by atoms with Gasteiger partial charge in [-0.2, -0.15) is 0 Å². The van der Waals surface area contributed by atoms with Gasteiger partial charge in [-0.1, -0.05) is 37.3 Å². The van der Waals surface area contributed by atoms with Crippen LogP contribution in [0, 0.1) is 18.8 Å². The third kappa shape index (κ3) is 7.26. The molecule has 1 saturated carbocycles. The van der Waals surface area contributed by atoms with Gasteiger partial charge in [0.25, 0.3) is 0 Å². The quantitative estimate of drug-likeness (QED) is 0.187. The molecule has 2 aromatic heterocycles. The Bertz CT molecular complexity index is 1980. The first-order valence-electron chi connectivity index (χ1n) is 18.2. The summed E-state index contributed by atoms with van der Waals surface area (Å²) in [6, 6.07) is 13.9. The molecule has 0 radical (unpaired) electrons. The Hall–Kier alpha value is -4.10. The molecular weight excluding hydrogens is 698 g/mol. The van der Waals surface area contributed by atoms with Gasteiger partial charge < -0.3 is 14.6 Å².